The first kappa shape index (κ1) is 22.0. The highest BCUT2D eigenvalue weighted by Gasteiger charge is 2.26. The molecule has 2 atom stereocenters. The Labute approximate surface area is 180 Å². The molecule has 31 heavy (non-hydrogen) atoms. The van der Waals surface area contributed by atoms with Crippen LogP contribution in [-0.2, 0) is 9.53 Å². The summed E-state index contributed by atoms with van der Waals surface area (Å²) in [5, 5.41) is 13.5. The standard InChI is InChI=1S/C23H26N4O4/c1-5-13(2)19(22(29)31-4)25-23(30)24-18-12-15(11-10-14(18)3)20-16-8-6-7-9-17(16)21(28)27-26-20/h6-13,19H,5H2,1-4H3,(H,27,28)(H2,24,25,30). The SMILES string of the molecule is CCC(C)C(NC(=O)Nc1cc(-c2n[nH]c(=O)c3ccccc23)ccc1C)C(=O)OC. The average molecular weight is 422 g/mol. The summed E-state index contributed by atoms with van der Waals surface area (Å²) in [6, 6.07) is 11.5. The number of aromatic amines is 1. The number of anilines is 1. The van der Waals surface area contributed by atoms with E-state index in [1.807, 2.05) is 45.0 Å². The van der Waals surface area contributed by atoms with Crippen LogP contribution in [0, 0.1) is 12.8 Å². The van der Waals surface area contributed by atoms with Crippen LogP contribution in [0.1, 0.15) is 25.8 Å². The zero-order valence-electron chi connectivity index (χ0n) is 18.0. The fourth-order valence-corrected chi connectivity index (χ4v) is 3.33. The van der Waals surface area contributed by atoms with Crippen LogP contribution in [0.3, 0.4) is 0 Å². The molecule has 2 unspecified atom stereocenters. The number of amides is 2. The van der Waals surface area contributed by atoms with Crippen molar-refractivity contribution in [3.8, 4) is 11.3 Å². The lowest BCUT2D eigenvalue weighted by Gasteiger charge is -2.22. The van der Waals surface area contributed by atoms with Crippen LogP contribution in [0.15, 0.2) is 47.3 Å². The van der Waals surface area contributed by atoms with Gasteiger partial charge in [0, 0.05) is 16.6 Å². The Hall–Kier alpha value is -3.68. The van der Waals surface area contributed by atoms with Gasteiger partial charge in [-0.15, -0.1) is 0 Å². The minimum Gasteiger partial charge on any atom is -0.467 e. The molecule has 2 amide bonds. The summed E-state index contributed by atoms with van der Waals surface area (Å²) >= 11 is 0. The van der Waals surface area contributed by atoms with E-state index < -0.39 is 18.0 Å². The van der Waals surface area contributed by atoms with Crippen molar-refractivity contribution in [3.63, 3.8) is 0 Å². The smallest absolute Gasteiger partial charge is 0.328 e. The highest BCUT2D eigenvalue weighted by molar-refractivity contribution is 5.96. The van der Waals surface area contributed by atoms with Crippen LogP contribution in [0.25, 0.3) is 22.0 Å². The van der Waals surface area contributed by atoms with Gasteiger partial charge < -0.3 is 15.4 Å². The first-order valence-corrected chi connectivity index (χ1v) is 10.1. The molecular weight excluding hydrogens is 396 g/mol. The van der Waals surface area contributed by atoms with E-state index in [0.29, 0.717) is 28.6 Å². The lowest BCUT2D eigenvalue weighted by Crippen LogP contribution is -2.47. The normalized spacial score (nSPS) is 12.8. The van der Waals surface area contributed by atoms with Gasteiger partial charge in [0.15, 0.2) is 0 Å². The maximum absolute atomic E-state index is 12.6. The number of nitrogens with one attached hydrogen (secondary N) is 3. The Morgan fingerprint density at radius 1 is 1.16 bits per heavy atom. The molecule has 1 aromatic heterocycles. The molecule has 0 aliphatic heterocycles. The van der Waals surface area contributed by atoms with Crippen LogP contribution in [-0.4, -0.2) is 35.3 Å². The van der Waals surface area contributed by atoms with E-state index in [9.17, 15) is 14.4 Å². The second-order valence-electron chi connectivity index (χ2n) is 7.46. The minimum absolute atomic E-state index is 0.0812. The van der Waals surface area contributed by atoms with Crippen molar-refractivity contribution >= 4 is 28.5 Å². The van der Waals surface area contributed by atoms with Crippen molar-refractivity contribution in [3.05, 3.63) is 58.4 Å². The number of methoxy groups -OCH3 is 1. The summed E-state index contributed by atoms with van der Waals surface area (Å²) < 4.78 is 4.82. The van der Waals surface area contributed by atoms with Crippen molar-refractivity contribution in [2.45, 2.75) is 33.2 Å². The number of esters is 1. The maximum Gasteiger partial charge on any atom is 0.328 e. The van der Waals surface area contributed by atoms with Crippen molar-refractivity contribution in [2.24, 2.45) is 5.92 Å². The summed E-state index contributed by atoms with van der Waals surface area (Å²) in [6.07, 6.45) is 0.708. The van der Waals surface area contributed by atoms with Crippen LogP contribution in [0.4, 0.5) is 10.5 Å². The molecule has 3 rings (SSSR count). The van der Waals surface area contributed by atoms with Gasteiger partial charge in [0.05, 0.1) is 18.2 Å². The van der Waals surface area contributed by atoms with E-state index in [-0.39, 0.29) is 11.5 Å². The van der Waals surface area contributed by atoms with Crippen LogP contribution in [0.5, 0.6) is 0 Å². The zero-order chi connectivity index (χ0) is 22.5. The number of H-pyrrole nitrogens is 1. The molecule has 0 aliphatic carbocycles. The minimum atomic E-state index is -0.747. The Morgan fingerprint density at radius 3 is 2.55 bits per heavy atom. The van der Waals surface area contributed by atoms with E-state index >= 15 is 0 Å². The number of carbonyl (C=O) groups is 2. The van der Waals surface area contributed by atoms with Gasteiger partial charge >= 0.3 is 12.0 Å². The number of rotatable bonds is 6. The molecule has 2 aromatic carbocycles. The Balaban J connectivity index is 1.90. The van der Waals surface area contributed by atoms with E-state index in [1.54, 1.807) is 18.2 Å². The quantitative estimate of drug-likeness (QED) is 0.525. The van der Waals surface area contributed by atoms with Gasteiger partial charge in [-0.2, -0.15) is 5.10 Å². The number of benzene rings is 2. The van der Waals surface area contributed by atoms with Crippen molar-refractivity contribution in [1.82, 2.24) is 15.5 Å². The summed E-state index contributed by atoms with van der Waals surface area (Å²) in [7, 11) is 1.30. The molecule has 8 heteroatoms. The molecule has 162 valence electrons. The molecule has 3 N–H and O–H groups in total. The topological polar surface area (TPSA) is 113 Å². The molecule has 0 saturated carbocycles. The van der Waals surface area contributed by atoms with Crippen LogP contribution < -0.4 is 16.2 Å². The Morgan fingerprint density at radius 2 is 1.87 bits per heavy atom. The fraction of sp³-hybridized carbons (Fsp3) is 0.304. The van der Waals surface area contributed by atoms with E-state index in [4.69, 9.17) is 4.74 Å². The third-order valence-electron chi connectivity index (χ3n) is 5.41. The number of aromatic nitrogens is 2. The van der Waals surface area contributed by atoms with Gasteiger partial charge in [0.2, 0.25) is 0 Å². The van der Waals surface area contributed by atoms with Crippen LogP contribution in [0.2, 0.25) is 0 Å². The number of ether oxygens (including phenoxy) is 1. The molecule has 0 fully saturated rings. The van der Waals surface area contributed by atoms with E-state index in [0.717, 1.165) is 11.1 Å². The fourth-order valence-electron chi connectivity index (χ4n) is 3.33. The van der Waals surface area contributed by atoms with Crippen LogP contribution >= 0.6 is 0 Å². The summed E-state index contributed by atoms with van der Waals surface area (Å²) in [6.45, 7) is 5.68. The number of hydrogen-bond acceptors (Lipinski definition) is 5. The molecule has 0 spiro atoms. The van der Waals surface area contributed by atoms with Crippen molar-refractivity contribution in [1.29, 1.82) is 0 Å². The predicted molar refractivity (Wildman–Crippen MR) is 120 cm³/mol. The first-order chi connectivity index (χ1) is 14.8. The number of urea groups is 1. The highest BCUT2D eigenvalue weighted by Crippen LogP contribution is 2.28. The van der Waals surface area contributed by atoms with Gasteiger partial charge in [0.25, 0.3) is 5.56 Å². The van der Waals surface area contributed by atoms with Gasteiger partial charge in [-0.3, -0.25) is 4.79 Å². The largest absolute Gasteiger partial charge is 0.467 e. The maximum atomic E-state index is 12.6. The molecule has 0 bridgehead atoms. The Bertz CT molecular complexity index is 1170. The number of fused-ring (bicyclic) bond motifs is 1. The second-order valence-corrected chi connectivity index (χ2v) is 7.46. The number of aryl methyl sites for hydroxylation is 1. The third kappa shape index (κ3) is 4.74. The number of nitrogens with zero attached hydrogens (tertiary/aromatic N) is 1. The van der Waals surface area contributed by atoms with Gasteiger partial charge in [-0.05, 0) is 30.5 Å². The van der Waals surface area contributed by atoms with Gasteiger partial charge in [-0.1, -0.05) is 50.6 Å². The number of carbonyl (C=O) groups excluding carboxylic acids is 2. The lowest BCUT2D eigenvalue weighted by atomic mass is 9.99. The monoisotopic (exact) mass is 422 g/mol. The molecule has 3 aromatic rings. The predicted octanol–water partition coefficient (Wildman–Crippen LogP) is 3.61. The van der Waals surface area contributed by atoms with Gasteiger partial charge in [0.1, 0.15) is 6.04 Å². The van der Waals surface area contributed by atoms with Crippen molar-refractivity contribution < 1.29 is 14.3 Å². The van der Waals surface area contributed by atoms with Gasteiger partial charge in [-0.25, -0.2) is 14.7 Å². The summed E-state index contributed by atoms with van der Waals surface area (Å²) in [5.74, 6) is -0.568. The van der Waals surface area contributed by atoms with E-state index in [2.05, 4.69) is 20.8 Å². The number of hydrogen-bond donors (Lipinski definition) is 3. The van der Waals surface area contributed by atoms with Crippen molar-refractivity contribution in [2.75, 3.05) is 12.4 Å². The average Bonchev–Trinajstić information content (AvgIpc) is 2.78. The second kappa shape index (κ2) is 9.42. The zero-order valence-corrected chi connectivity index (χ0v) is 18.0. The molecule has 0 radical (unpaired) electrons. The lowest BCUT2D eigenvalue weighted by molar-refractivity contribution is -0.144. The molecule has 8 nitrogen and oxygen atoms in total. The summed E-state index contributed by atoms with van der Waals surface area (Å²) in [5.41, 5.74) is 2.49. The molecular formula is C23H26N4O4. The molecule has 0 saturated heterocycles. The Kier molecular flexibility index (Phi) is 6.69. The first-order valence-electron chi connectivity index (χ1n) is 10.1. The molecule has 1 heterocycles. The third-order valence-corrected chi connectivity index (χ3v) is 5.41. The molecule has 0 aliphatic rings. The van der Waals surface area contributed by atoms with E-state index in [1.165, 1.54) is 7.11 Å². The summed E-state index contributed by atoms with van der Waals surface area (Å²) in [4.78, 5) is 36.8. The highest BCUT2D eigenvalue weighted by atomic mass is 16.5.